The van der Waals surface area contributed by atoms with Crippen LogP contribution in [0.5, 0.6) is 0 Å². The number of unbranched alkanes of at least 4 members (excludes halogenated alkanes) is 63. The first-order chi connectivity index (χ1) is 42.5. The molecule has 0 aromatic carbocycles. The SMILES string of the molecule is CCCCCCCCCCCCCCCCCCCCCC(=O)OCCCCCCCCCCCCCC/C=C\CCCCCCCCCCCCCCCCCCC(=O)NC(CO)C(O)CCCCCCCCCCCCCCCCCCCC. The zero-order valence-corrected chi connectivity index (χ0v) is 58.8. The van der Waals surface area contributed by atoms with Crippen molar-refractivity contribution in [3.63, 3.8) is 0 Å². The van der Waals surface area contributed by atoms with Crippen LogP contribution in [0.1, 0.15) is 463 Å². The summed E-state index contributed by atoms with van der Waals surface area (Å²) in [5, 5.41) is 23.4. The van der Waals surface area contributed by atoms with E-state index in [4.69, 9.17) is 4.74 Å². The van der Waals surface area contributed by atoms with Gasteiger partial charge < -0.3 is 20.3 Å². The molecule has 0 saturated heterocycles. The average molecular weight is 1210 g/mol. The Labute approximate surface area is 539 Å². The summed E-state index contributed by atoms with van der Waals surface area (Å²) < 4.78 is 5.52. The third-order valence-corrected chi connectivity index (χ3v) is 19.1. The zero-order chi connectivity index (χ0) is 62.0. The van der Waals surface area contributed by atoms with Crippen molar-refractivity contribution >= 4 is 11.9 Å². The first kappa shape index (κ1) is 84.6. The van der Waals surface area contributed by atoms with Gasteiger partial charge in [-0.05, 0) is 51.4 Å². The van der Waals surface area contributed by atoms with Crippen LogP contribution in [0.25, 0.3) is 0 Å². The van der Waals surface area contributed by atoms with Gasteiger partial charge in [0.25, 0.3) is 0 Å². The molecule has 0 aliphatic carbocycles. The van der Waals surface area contributed by atoms with Crippen LogP contribution in [0, 0.1) is 0 Å². The van der Waals surface area contributed by atoms with Gasteiger partial charge in [0.1, 0.15) is 0 Å². The highest BCUT2D eigenvalue weighted by Gasteiger charge is 2.20. The summed E-state index contributed by atoms with van der Waals surface area (Å²) in [5.74, 6) is -0.00305. The molecule has 0 saturated carbocycles. The summed E-state index contributed by atoms with van der Waals surface area (Å²) >= 11 is 0. The molecule has 3 N–H and O–H groups in total. The van der Waals surface area contributed by atoms with E-state index in [9.17, 15) is 19.8 Å². The van der Waals surface area contributed by atoms with Crippen molar-refractivity contribution in [3.8, 4) is 0 Å². The zero-order valence-electron chi connectivity index (χ0n) is 58.8. The van der Waals surface area contributed by atoms with Crippen LogP contribution in [-0.4, -0.2) is 47.4 Å². The highest BCUT2D eigenvalue weighted by Crippen LogP contribution is 2.20. The number of esters is 1. The lowest BCUT2D eigenvalue weighted by Crippen LogP contribution is -2.45. The molecule has 2 unspecified atom stereocenters. The van der Waals surface area contributed by atoms with Crippen molar-refractivity contribution in [2.75, 3.05) is 13.2 Å². The van der Waals surface area contributed by atoms with Gasteiger partial charge in [-0.2, -0.15) is 0 Å². The van der Waals surface area contributed by atoms with Gasteiger partial charge in [-0.15, -0.1) is 0 Å². The van der Waals surface area contributed by atoms with Gasteiger partial charge in [-0.25, -0.2) is 0 Å². The maximum atomic E-state index is 12.5. The summed E-state index contributed by atoms with van der Waals surface area (Å²) in [7, 11) is 0. The number of carbonyl (C=O) groups is 2. The molecule has 0 aromatic rings. The third kappa shape index (κ3) is 71.7. The number of hydrogen-bond acceptors (Lipinski definition) is 5. The summed E-state index contributed by atoms with van der Waals surface area (Å²) in [6, 6.07) is -0.539. The van der Waals surface area contributed by atoms with Gasteiger partial charge >= 0.3 is 5.97 Å². The summed E-state index contributed by atoms with van der Waals surface area (Å²) in [4.78, 5) is 24.7. The van der Waals surface area contributed by atoms with E-state index in [2.05, 4.69) is 31.3 Å². The maximum Gasteiger partial charge on any atom is 0.305 e. The predicted molar refractivity (Wildman–Crippen MR) is 380 cm³/mol. The van der Waals surface area contributed by atoms with E-state index in [1.807, 2.05) is 0 Å². The van der Waals surface area contributed by atoms with E-state index < -0.39 is 12.1 Å². The number of ether oxygens (including phenoxy) is 1. The van der Waals surface area contributed by atoms with Gasteiger partial charge in [0.2, 0.25) is 5.91 Å². The van der Waals surface area contributed by atoms with Crippen molar-refractivity contribution in [3.05, 3.63) is 12.2 Å². The molecule has 2 atom stereocenters. The lowest BCUT2D eigenvalue weighted by atomic mass is 10.0. The second-order valence-electron chi connectivity index (χ2n) is 27.8. The van der Waals surface area contributed by atoms with Crippen LogP contribution in [0.15, 0.2) is 12.2 Å². The quantitative estimate of drug-likeness (QED) is 0.0320. The van der Waals surface area contributed by atoms with Gasteiger partial charge in [0.05, 0.1) is 25.4 Å². The number of amides is 1. The van der Waals surface area contributed by atoms with Gasteiger partial charge in [-0.1, -0.05) is 411 Å². The number of aliphatic hydroxyl groups is 2. The fourth-order valence-corrected chi connectivity index (χ4v) is 13.0. The molecule has 0 fully saturated rings. The van der Waals surface area contributed by atoms with Crippen molar-refractivity contribution in [1.82, 2.24) is 5.32 Å². The molecular weight excluding hydrogens is 1050 g/mol. The normalized spacial score (nSPS) is 12.5. The van der Waals surface area contributed by atoms with Gasteiger partial charge in [0.15, 0.2) is 0 Å². The molecule has 512 valence electrons. The molecule has 0 rings (SSSR count). The largest absolute Gasteiger partial charge is 0.466 e. The monoisotopic (exact) mass is 1210 g/mol. The minimum atomic E-state index is -0.662. The molecular formula is C80H157NO5. The van der Waals surface area contributed by atoms with Crippen LogP contribution in [0.2, 0.25) is 0 Å². The van der Waals surface area contributed by atoms with E-state index >= 15 is 0 Å². The highest BCUT2D eigenvalue weighted by atomic mass is 16.5. The molecule has 0 aliphatic heterocycles. The number of carbonyl (C=O) groups excluding carboxylic acids is 2. The summed E-state index contributed by atoms with van der Waals surface area (Å²) in [5.41, 5.74) is 0. The van der Waals surface area contributed by atoms with E-state index in [1.165, 1.54) is 392 Å². The van der Waals surface area contributed by atoms with E-state index in [0.29, 0.717) is 25.9 Å². The average Bonchev–Trinajstić information content (AvgIpc) is 3.54. The Morgan fingerprint density at radius 1 is 0.314 bits per heavy atom. The Morgan fingerprint density at radius 2 is 0.547 bits per heavy atom. The molecule has 0 radical (unpaired) electrons. The van der Waals surface area contributed by atoms with Crippen molar-refractivity contribution < 1.29 is 24.5 Å². The van der Waals surface area contributed by atoms with Gasteiger partial charge in [0, 0.05) is 12.8 Å². The molecule has 0 bridgehead atoms. The fraction of sp³-hybridized carbons (Fsp3) is 0.950. The van der Waals surface area contributed by atoms with E-state index in [0.717, 1.165) is 38.5 Å². The molecule has 6 nitrogen and oxygen atoms in total. The Morgan fingerprint density at radius 3 is 0.826 bits per heavy atom. The molecule has 0 aromatic heterocycles. The van der Waals surface area contributed by atoms with Gasteiger partial charge in [-0.3, -0.25) is 9.59 Å². The lowest BCUT2D eigenvalue weighted by molar-refractivity contribution is -0.143. The molecule has 86 heavy (non-hydrogen) atoms. The van der Waals surface area contributed by atoms with E-state index in [-0.39, 0.29) is 18.5 Å². The van der Waals surface area contributed by atoms with Crippen molar-refractivity contribution in [2.45, 2.75) is 475 Å². The topological polar surface area (TPSA) is 95.9 Å². The highest BCUT2D eigenvalue weighted by molar-refractivity contribution is 5.76. The first-order valence-electron chi connectivity index (χ1n) is 39.9. The van der Waals surface area contributed by atoms with Crippen LogP contribution >= 0.6 is 0 Å². The Hall–Kier alpha value is -1.40. The van der Waals surface area contributed by atoms with Crippen LogP contribution in [0.3, 0.4) is 0 Å². The van der Waals surface area contributed by atoms with Crippen LogP contribution < -0.4 is 5.32 Å². The smallest absolute Gasteiger partial charge is 0.305 e. The molecule has 6 heteroatoms. The fourth-order valence-electron chi connectivity index (χ4n) is 13.0. The lowest BCUT2D eigenvalue weighted by Gasteiger charge is -2.22. The Bertz CT molecular complexity index is 1300. The standard InChI is InChI=1S/C80H157NO5/c1-3-5-7-9-11-13-15-17-19-21-37-42-46-50-54-58-62-66-70-74-80(85)86-75-71-67-63-59-55-51-47-43-39-36-34-32-30-28-26-24-23-25-27-29-31-33-35-38-41-45-49-53-57-61-65-69-73-79(84)81-77(76-82)78(83)72-68-64-60-56-52-48-44-40-22-20-18-16-14-12-10-8-6-4-2/h26,28,77-78,82-83H,3-25,27,29-76H2,1-2H3,(H,81,84)/b28-26-. The number of nitrogens with one attached hydrogen (secondary N) is 1. The summed E-state index contributed by atoms with van der Waals surface area (Å²) in [6.07, 6.45) is 95.9. The third-order valence-electron chi connectivity index (χ3n) is 19.1. The molecule has 1 amide bonds. The first-order valence-corrected chi connectivity index (χ1v) is 39.9. The molecule has 0 spiro atoms. The van der Waals surface area contributed by atoms with Crippen LogP contribution in [0.4, 0.5) is 0 Å². The number of rotatable bonds is 76. The minimum Gasteiger partial charge on any atom is -0.466 e. The van der Waals surface area contributed by atoms with E-state index in [1.54, 1.807) is 0 Å². The summed E-state index contributed by atoms with van der Waals surface area (Å²) in [6.45, 7) is 5.01. The van der Waals surface area contributed by atoms with Crippen molar-refractivity contribution in [1.29, 1.82) is 0 Å². The second-order valence-corrected chi connectivity index (χ2v) is 27.8. The number of hydrogen-bond donors (Lipinski definition) is 3. The Kier molecular flexibility index (Phi) is 74.8. The number of aliphatic hydroxyl groups excluding tert-OH is 2. The molecule has 0 aliphatic rings. The minimum absolute atomic E-state index is 0.0244. The number of allylic oxidation sites excluding steroid dienone is 2. The van der Waals surface area contributed by atoms with Crippen molar-refractivity contribution in [2.24, 2.45) is 0 Å². The van der Waals surface area contributed by atoms with Crippen LogP contribution in [-0.2, 0) is 14.3 Å². The predicted octanol–water partition coefficient (Wildman–Crippen LogP) is 26.3. The maximum absolute atomic E-state index is 12.5. The Balaban J connectivity index is 3.33. The molecule has 0 heterocycles. The second kappa shape index (κ2) is 76.1.